The van der Waals surface area contributed by atoms with Crippen molar-refractivity contribution in [1.82, 2.24) is 0 Å². The van der Waals surface area contributed by atoms with Crippen LogP contribution >= 0.6 is 0 Å². The maximum atomic E-state index is 11.4. The average Bonchev–Trinajstić information content (AvgIpc) is 2.40. The second-order valence-electron chi connectivity index (χ2n) is 4.22. The Morgan fingerprint density at radius 3 is 2.71 bits per heavy atom. The first kappa shape index (κ1) is 12.1. The summed E-state index contributed by atoms with van der Waals surface area (Å²) < 4.78 is 11.2. The van der Waals surface area contributed by atoms with E-state index in [9.17, 15) is 4.79 Å². The molecular weight excluding hydrogens is 216 g/mol. The predicted molar refractivity (Wildman–Crippen MR) is 65.3 cm³/mol. The predicted octanol–water partition coefficient (Wildman–Crippen LogP) is 3.18. The molecule has 0 spiro atoms. The van der Waals surface area contributed by atoms with E-state index in [-0.39, 0.29) is 12.1 Å². The number of carbonyl (C=O) groups is 1. The van der Waals surface area contributed by atoms with Crippen LogP contribution in [0.15, 0.2) is 24.3 Å². The Hall–Kier alpha value is -1.35. The van der Waals surface area contributed by atoms with E-state index in [4.69, 9.17) is 9.47 Å². The summed E-state index contributed by atoms with van der Waals surface area (Å²) in [4.78, 5) is 11.4. The number of ether oxygens (including phenoxy) is 2. The quantitative estimate of drug-likeness (QED) is 0.750. The minimum absolute atomic E-state index is 0.128. The molecule has 1 fully saturated rings. The zero-order valence-electron chi connectivity index (χ0n) is 10.1. The third-order valence-corrected chi connectivity index (χ3v) is 2.90. The van der Waals surface area contributed by atoms with E-state index < -0.39 is 0 Å². The van der Waals surface area contributed by atoms with Gasteiger partial charge in [-0.25, -0.2) is 0 Å². The molecule has 0 bridgehead atoms. The molecule has 0 amide bonds. The molecule has 1 aromatic rings. The minimum atomic E-state index is -0.128. The molecule has 2 rings (SSSR count). The standard InChI is InChI=1S/C14H18O3/c1-2-13(15)11-6-8-12(9-7-11)17-14-5-3-4-10-16-14/h6-9,14H,2-5,10H2,1H3. The maximum Gasteiger partial charge on any atom is 0.199 e. The summed E-state index contributed by atoms with van der Waals surface area (Å²) in [7, 11) is 0. The fourth-order valence-corrected chi connectivity index (χ4v) is 1.88. The maximum absolute atomic E-state index is 11.4. The first-order chi connectivity index (χ1) is 8.29. The Labute approximate surface area is 102 Å². The van der Waals surface area contributed by atoms with Crippen molar-refractivity contribution in [2.24, 2.45) is 0 Å². The molecule has 1 aromatic carbocycles. The smallest absolute Gasteiger partial charge is 0.199 e. The van der Waals surface area contributed by atoms with Crippen molar-refractivity contribution in [3.63, 3.8) is 0 Å². The van der Waals surface area contributed by atoms with Crippen molar-refractivity contribution in [2.45, 2.75) is 38.9 Å². The zero-order chi connectivity index (χ0) is 12.1. The fraction of sp³-hybridized carbons (Fsp3) is 0.500. The van der Waals surface area contributed by atoms with Crippen molar-refractivity contribution < 1.29 is 14.3 Å². The topological polar surface area (TPSA) is 35.5 Å². The number of carbonyl (C=O) groups excluding carboxylic acids is 1. The highest BCUT2D eigenvalue weighted by atomic mass is 16.7. The molecule has 3 nitrogen and oxygen atoms in total. The van der Waals surface area contributed by atoms with Gasteiger partial charge in [0.15, 0.2) is 12.1 Å². The van der Waals surface area contributed by atoms with E-state index >= 15 is 0 Å². The molecule has 1 heterocycles. The van der Waals surface area contributed by atoms with Gasteiger partial charge in [0.25, 0.3) is 0 Å². The van der Waals surface area contributed by atoms with Crippen LogP contribution in [0.2, 0.25) is 0 Å². The lowest BCUT2D eigenvalue weighted by molar-refractivity contribution is -0.105. The molecule has 0 aliphatic carbocycles. The summed E-state index contributed by atoms with van der Waals surface area (Å²) in [5, 5.41) is 0. The van der Waals surface area contributed by atoms with Gasteiger partial charge < -0.3 is 9.47 Å². The van der Waals surface area contributed by atoms with E-state index in [1.165, 1.54) is 0 Å². The molecular formula is C14H18O3. The van der Waals surface area contributed by atoms with Crippen LogP contribution < -0.4 is 4.74 Å². The molecule has 1 atom stereocenters. The molecule has 0 radical (unpaired) electrons. The van der Waals surface area contributed by atoms with E-state index in [1.54, 1.807) is 0 Å². The monoisotopic (exact) mass is 234 g/mol. The van der Waals surface area contributed by atoms with Crippen LogP contribution in [0.1, 0.15) is 43.0 Å². The van der Waals surface area contributed by atoms with Crippen LogP contribution in [0, 0.1) is 0 Å². The highest BCUT2D eigenvalue weighted by Crippen LogP contribution is 2.19. The number of benzene rings is 1. The average molecular weight is 234 g/mol. The molecule has 0 aromatic heterocycles. The molecule has 1 aliphatic rings. The summed E-state index contributed by atoms with van der Waals surface area (Å²) in [6.45, 7) is 2.64. The molecule has 0 saturated carbocycles. The summed E-state index contributed by atoms with van der Waals surface area (Å²) >= 11 is 0. The van der Waals surface area contributed by atoms with Gasteiger partial charge in [-0.1, -0.05) is 6.92 Å². The van der Waals surface area contributed by atoms with Crippen LogP contribution in [0.4, 0.5) is 0 Å². The van der Waals surface area contributed by atoms with Gasteiger partial charge >= 0.3 is 0 Å². The van der Waals surface area contributed by atoms with Crippen molar-refractivity contribution in [1.29, 1.82) is 0 Å². The van der Waals surface area contributed by atoms with Crippen LogP contribution in [-0.2, 0) is 4.74 Å². The van der Waals surface area contributed by atoms with Gasteiger partial charge in [0.2, 0.25) is 0 Å². The lowest BCUT2D eigenvalue weighted by Gasteiger charge is -2.23. The highest BCUT2D eigenvalue weighted by molar-refractivity contribution is 5.95. The summed E-state index contributed by atoms with van der Waals surface area (Å²) in [5.41, 5.74) is 0.740. The SMILES string of the molecule is CCC(=O)c1ccc(OC2CCCCO2)cc1. The zero-order valence-corrected chi connectivity index (χ0v) is 10.1. The van der Waals surface area contributed by atoms with Crippen molar-refractivity contribution in [3.8, 4) is 5.75 Å². The van der Waals surface area contributed by atoms with Gasteiger partial charge in [-0.3, -0.25) is 4.79 Å². The number of ketones is 1. The van der Waals surface area contributed by atoms with Crippen molar-refractivity contribution in [3.05, 3.63) is 29.8 Å². The molecule has 3 heteroatoms. The third-order valence-electron chi connectivity index (χ3n) is 2.90. The van der Waals surface area contributed by atoms with Gasteiger partial charge in [0.05, 0.1) is 6.61 Å². The van der Waals surface area contributed by atoms with E-state index in [0.29, 0.717) is 6.42 Å². The Morgan fingerprint density at radius 2 is 2.12 bits per heavy atom. The van der Waals surface area contributed by atoms with Gasteiger partial charge in [0, 0.05) is 18.4 Å². The first-order valence-corrected chi connectivity index (χ1v) is 6.21. The molecule has 1 saturated heterocycles. The number of rotatable bonds is 4. The van der Waals surface area contributed by atoms with E-state index in [2.05, 4.69) is 0 Å². The molecule has 92 valence electrons. The van der Waals surface area contributed by atoms with Crippen LogP contribution in [-0.4, -0.2) is 18.7 Å². The largest absolute Gasteiger partial charge is 0.465 e. The summed E-state index contributed by atoms with van der Waals surface area (Å²) in [6.07, 6.45) is 3.61. The van der Waals surface area contributed by atoms with Crippen LogP contribution in [0.25, 0.3) is 0 Å². The number of Topliss-reactive ketones (excluding diaryl/α,β-unsaturated/α-hetero) is 1. The van der Waals surface area contributed by atoms with Crippen molar-refractivity contribution in [2.75, 3.05) is 6.61 Å². The van der Waals surface area contributed by atoms with Gasteiger partial charge in [-0.05, 0) is 37.1 Å². The van der Waals surface area contributed by atoms with Crippen LogP contribution in [0.3, 0.4) is 0 Å². The van der Waals surface area contributed by atoms with Gasteiger partial charge in [-0.2, -0.15) is 0 Å². The first-order valence-electron chi connectivity index (χ1n) is 6.21. The molecule has 17 heavy (non-hydrogen) atoms. The summed E-state index contributed by atoms with van der Waals surface area (Å²) in [5.74, 6) is 0.926. The van der Waals surface area contributed by atoms with Crippen LogP contribution in [0.5, 0.6) is 5.75 Å². The summed E-state index contributed by atoms with van der Waals surface area (Å²) in [6, 6.07) is 7.29. The molecule has 1 unspecified atom stereocenters. The molecule has 1 aliphatic heterocycles. The fourth-order valence-electron chi connectivity index (χ4n) is 1.88. The Bertz CT molecular complexity index is 364. The third kappa shape index (κ3) is 3.30. The van der Waals surface area contributed by atoms with E-state index in [1.807, 2.05) is 31.2 Å². The van der Waals surface area contributed by atoms with Crippen molar-refractivity contribution >= 4 is 5.78 Å². The Morgan fingerprint density at radius 1 is 1.35 bits per heavy atom. The second-order valence-corrected chi connectivity index (χ2v) is 4.22. The van der Waals surface area contributed by atoms with Gasteiger partial charge in [-0.15, -0.1) is 0 Å². The second kappa shape index (κ2) is 5.82. The number of hydrogen-bond acceptors (Lipinski definition) is 3. The lowest BCUT2D eigenvalue weighted by Crippen LogP contribution is -2.24. The van der Waals surface area contributed by atoms with E-state index in [0.717, 1.165) is 37.2 Å². The minimum Gasteiger partial charge on any atom is -0.465 e. The number of hydrogen-bond donors (Lipinski definition) is 0. The lowest BCUT2D eigenvalue weighted by atomic mass is 10.1. The normalized spacial score (nSPS) is 19.9. The molecule has 0 N–H and O–H groups in total. The Balaban J connectivity index is 1.95. The Kier molecular flexibility index (Phi) is 4.15. The van der Waals surface area contributed by atoms with Gasteiger partial charge in [0.1, 0.15) is 5.75 Å². The highest BCUT2D eigenvalue weighted by Gasteiger charge is 2.15.